The van der Waals surface area contributed by atoms with Gasteiger partial charge in [-0.25, -0.2) is 0 Å². The Morgan fingerprint density at radius 3 is 2.65 bits per heavy atom. The number of morpholine rings is 1. The zero-order chi connectivity index (χ0) is 13.7. The van der Waals surface area contributed by atoms with Crippen LogP contribution in [0.5, 0.6) is 5.75 Å². The highest BCUT2D eigenvalue weighted by atomic mass is 79.9. The van der Waals surface area contributed by atoms with E-state index in [1.54, 1.807) is 0 Å². The summed E-state index contributed by atoms with van der Waals surface area (Å²) in [6.45, 7) is 9.80. The molecule has 2 rings (SSSR count). The van der Waals surface area contributed by atoms with Gasteiger partial charge >= 0.3 is 0 Å². The molecule has 0 radical (unpaired) electrons. The van der Waals surface area contributed by atoms with Crippen molar-refractivity contribution >= 4 is 28.3 Å². The maximum atomic E-state index is 5.95. The van der Waals surface area contributed by atoms with Crippen LogP contribution in [0.25, 0.3) is 0 Å². The minimum absolute atomic E-state index is 0. The van der Waals surface area contributed by atoms with Gasteiger partial charge in [0.2, 0.25) is 0 Å². The van der Waals surface area contributed by atoms with Gasteiger partial charge in [0.1, 0.15) is 12.4 Å². The first-order valence-electron chi connectivity index (χ1n) is 6.89. The summed E-state index contributed by atoms with van der Waals surface area (Å²) in [5.74, 6) is 1.47. The van der Waals surface area contributed by atoms with E-state index in [0.717, 1.165) is 49.7 Å². The quantitative estimate of drug-likeness (QED) is 0.795. The van der Waals surface area contributed by atoms with Crippen LogP contribution in [0.1, 0.15) is 25.3 Å². The van der Waals surface area contributed by atoms with Crippen molar-refractivity contribution in [3.05, 3.63) is 28.2 Å². The molecule has 0 N–H and O–H groups in total. The van der Waals surface area contributed by atoms with Gasteiger partial charge in [-0.1, -0.05) is 29.8 Å². The maximum absolute atomic E-state index is 5.95. The Kier molecular flexibility index (Phi) is 7.88. The Bertz CT molecular complexity index is 409. The van der Waals surface area contributed by atoms with Crippen LogP contribution in [0, 0.1) is 0 Å². The lowest BCUT2D eigenvalue weighted by atomic mass is 10.0. The van der Waals surface area contributed by atoms with Crippen molar-refractivity contribution in [1.82, 2.24) is 4.90 Å². The molecular weight excluding hydrogens is 342 g/mol. The molecule has 0 spiro atoms. The van der Waals surface area contributed by atoms with Crippen molar-refractivity contribution in [2.24, 2.45) is 0 Å². The Morgan fingerprint density at radius 1 is 1.30 bits per heavy atom. The zero-order valence-corrected chi connectivity index (χ0v) is 14.5. The second kappa shape index (κ2) is 8.88. The third-order valence-electron chi connectivity index (χ3n) is 3.36. The normalized spacial score (nSPS) is 16.0. The predicted molar refractivity (Wildman–Crippen MR) is 88.2 cm³/mol. The highest BCUT2D eigenvalue weighted by Crippen LogP contribution is 2.29. The topological polar surface area (TPSA) is 21.7 Å². The van der Waals surface area contributed by atoms with Crippen LogP contribution in [0.15, 0.2) is 22.7 Å². The van der Waals surface area contributed by atoms with Crippen LogP contribution in [0.4, 0.5) is 0 Å². The number of halogens is 2. The van der Waals surface area contributed by atoms with Crippen LogP contribution in [0.3, 0.4) is 0 Å². The number of rotatable bonds is 5. The molecule has 0 bridgehead atoms. The molecule has 1 saturated heterocycles. The van der Waals surface area contributed by atoms with Crippen LogP contribution in [0.2, 0.25) is 0 Å². The molecule has 1 aliphatic heterocycles. The average Bonchev–Trinajstić information content (AvgIpc) is 2.41. The number of benzene rings is 1. The lowest BCUT2D eigenvalue weighted by molar-refractivity contribution is 0.0322. The van der Waals surface area contributed by atoms with Crippen LogP contribution >= 0.6 is 28.3 Å². The highest BCUT2D eigenvalue weighted by molar-refractivity contribution is 9.10. The van der Waals surface area contributed by atoms with E-state index >= 15 is 0 Å². The summed E-state index contributed by atoms with van der Waals surface area (Å²) >= 11 is 3.52. The van der Waals surface area contributed by atoms with E-state index in [2.05, 4.69) is 46.8 Å². The standard InChI is InChI=1S/C15H22BrNO2.ClH/c1-12(2)14-11-13(16)3-4-15(14)19-10-7-17-5-8-18-9-6-17;/h3-4,11-12H,5-10H2,1-2H3;1H. The van der Waals surface area contributed by atoms with E-state index in [-0.39, 0.29) is 12.4 Å². The molecule has 0 aliphatic carbocycles. The minimum Gasteiger partial charge on any atom is -0.492 e. The third kappa shape index (κ3) is 5.24. The number of hydrogen-bond donors (Lipinski definition) is 0. The smallest absolute Gasteiger partial charge is 0.122 e. The lowest BCUT2D eigenvalue weighted by Gasteiger charge is -2.26. The van der Waals surface area contributed by atoms with Gasteiger partial charge in [-0.3, -0.25) is 4.90 Å². The molecule has 1 fully saturated rings. The van der Waals surface area contributed by atoms with Crippen molar-refractivity contribution in [2.75, 3.05) is 39.5 Å². The first kappa shape index (κ1) is 17.8. The fourth-order valence-corrected chi connectivity index (χ4v) is 2.59. The molecule has 20 heavy (non-hydrogen) atoms. The first-order valence-corrected chi connectivity index (χ1v) is 7.68. The largest absolute Gasteiger partial charge is 0.492 e. The molecule has 0 unspecified atom stereocenters. The zero-order valence-electron chi connectivity index (χ0n) is 12.1. The molecule has 1 aromatic rings. The van der Waals surface area contributed by atoms with Gasteiger partial charge < -0.3 is 9.47 Å². The lowest BCUT2D eigenvalue weighted by Crippen LogP contribution is -2.38. The summed E-state index contributed by atoms with van der Waals surface area (Å²) < 4.78 is 12.4. The van der Waals surface area contributed by atoms with E-state index in [4.69, 9.17) is 9.47 Å². The highest BCUT2D eigenvalue weighted by Gasteiger charge is 2.12. The molecule has 114 valence electrons. The number of nitrogens with zero attached hydrogens (tertiary/aromatic N) is 1. The van der Waals surface area contributed by atoms with Gasteiger partial charge in [0, 0.05) is 24.1 Å². The maximum Gasteiger partial charge on any atom is 0.122 e. The number of ether oxygens (including phenoxy) is 2. The first-order chi connectivity index (χ1) is 9.16. The van der Waals surface area contributed by atoms with Gasteiger partial charge in [0.25, 0.3) is 0 Å². The second-order valence-electron chi connectivity index (χ2n) is 5.14. The summed E-state index contributed by atoms with van der Waals surface area (Å²) in [4.78, 5) is 2.39. The van der Waals surface area contributed by atoms with Crippen molar-refractivity contribution in [1.29, 1.82) is 0 Å². The SMILES string of the molecule is CC(C)c1cc(Br)ccc1OCCN1CCOCC1.Cl. The van der Waals surface area contributed by atoms with E-state index in [1.807, 2.05) is 6.07 Å². The Balaban J connectivity index is 0.00000200. The predicted octanol–water partition coefficient (Wildman–Crippen LogP) is 3.71. The van der Waals surface area contributed by atoms with Gasteiger partial charge in [-0.15, -0.1) is 12.4 Å². The van der Waals surface area contributed by atoms with Crippen molar-refractivity contribution in [3.8, 4) is 5.75 Å². The summed E-state index contributed by atoms with van der Waals surface area (Å²) in [6, 6.07) is 6.24. The van der Waals surface area contributed by atoms with Gasteiger partial charge in [-0.2, -0.15) is 0 Å². The molecule has 1 aromatic carbocycles. The van der Waals surface area contributed by atoms with Gasteiger partial charge in [0.05, 0.1) is 13.2 Å². The van der Waals surface area contributed by atoms with Gasteiger partial charge in [-0.05, 0) is 29.7 Å². The third-order valence-corrected chi connectivity index (χ3v) is 3.86. The van der Waals surface area contributed by atoms with E-state index in [9.17, 15) is 0 Å². The molecule has 3 nitrogen and oxygen atoms in total. The van der Waals surface area contributed by atoms with Crippen LogP contribution in [-0.2, 0) is 4.74 Å². The number of hydrogen-bond acceptors (Lipinski definition) is 3. The summed E-state index contributed by atoms with van der Waals surface area (Å²) in [5, 5.41) is 0. The second-order valence-corrected chi connectivity index (χ2v) is 6.05. The minimum atomic E-state index is 0. The van der Waals surface area contributed by atoms with Crippen molar-refractivity contribution < 1.29 is 9.47 Å². The summed E-state index contributed by atoms with van der Waals surface area (Å²) in [6.07, 6.45) is 0. The fourth-order valence-electron chi connectivity index (χ4n) is 2.21. The monoisotopic (exact) mass is 363 g/mol. The van der Waals surface area contributed by atoms with Crippen LogP contribution < -0.4 is 4.74 Å². The molecule has 1 aliphatic rings. The average molecular weight is 365 g/mol. The van der Waals surface area contributed by atoms with E-state index in [0.29, 0.717) is 5.92 Å². The Hall–Kier alpha value is -0.290. The van der Waals surface area contributed by atoms with Gasteiger partial charge in [0.15, 0.2) is 0 Å². The fraction of sp³-hybridized carbons (Fsp3) is 0.600. The molecule has 0 saturated carbocycles. The molecule has 0 amide bonds. The molecule has 5 heteroatoms. The van der Waals surface area contributed by atoms with Crippen molar-refractivity contribution in [2.45, 2.75) is 19.8 Å². The Labute approximate surface area is 136 Å². The van der Waals surface area contributed by atoms with Crippen molar-refractivity contribution in [3.63, 3.8) is 0 Å². The van der Waals surface area contributed by atoms with E-state index < -0.39 is 0 Å². The molecule has 0 aromatic heterocycles. The van der Waals surface area contributed by atoms with E-state index in [1.165, 1.54) is 5.56 Å². The molecular formula is C15H23BrClNO2. The molecule has 0 atom stereocenters. The molecule has 1 heterocycles. The Morgan fingerprint density at radius 2 is 2.00 bits per heavy atom. The van der Waals surface area contributed by atoms with Crippen LogP contribution in [-0.4, -0.2) is 44.4 Å². The summed E-state index contributed by atoms with van der Waals surface area (Å²) in [5.41, 5.74) is 1.26. The summed E-state index contributed by atoms with van der Waals surface area (Å²) in [7, 11) is 0.